The van der Waals surface area contributed by atoms with Crippen LogP contribution in [0.5, 0.6) is 0 Å². The topological polar surface area (TPSA) is 12.5 Å². The fourth-order valence-electron chi connectivity index (χ4n) is 3.48. The summed E-state index contributed by atoms with van der Waals surface area (Å²) in [7, 11) is 1.49. The summed E-state index contributed by atoms with van der Waals surface area (Å²) in [6.45, 7) is 0. The predicted octanol–water partition coefficient (Wildman–Crippen LogP) is 2.60. The molecule has 0 spiro atoms. The van der Waals surface area contributed by atoms with Crippen LogP contribution in [0, 0.1) is 0 Å². The average Bonchev–Trinajstić information content (AvgIpc) is 2.38. The van der Waals surface area contributed by atoms with Gasteiger partial charge < -0.3 is 8.99 Å². The van der Waals surface area contributed by atoms with E-state index in [2.05, 4.69) is 4.57 Å². The Hall–Kier alpha value is 0.137. The molecule has 0 aromatic carbocycles. The zero-order valence-electron chi connectivity index (χ0n) is 10.8. The first-order valence-corrected chi connectivity index (χ1v) is 8.37. The van der Waals surface area contributed by atoms with E-state index in [-0.39, 0.29) is 0 Å². The highest BCUT2D eigenvalue weighted by molar-refractivity contribution is 6.23. The molecule has 16 heavy (non-hydrogen) atoms. The van der Waals surface area contributed by atoms with Gasteiger partial charge in [-0.25, -0.2) is 0 Å². The Kier molecular flexibility index (Phi) is 5.33. The quantitative estimate of drug-likeness (QED) is 0.702. The molecule has 0 aromatic rings. The van der Waals surface area contributed by atoms with Crippen LogP contribution in [-0.2, 0) is 4.43 Å². The van der Waals surface area contributed by atoms with Gasteiger partial charge in [-0.2, -0.15) is 0 Å². The smallest absolute Gasteiger partial charge is 0.238 e. The van der Waals surface area contributed by atoms with Gasteiger partial charge in [0.05, 0.1) is 0 Å². The standard InChI is InChI=1S/C13H27NOSi/c1-15-16-14(12-8-4-2-5-9-12)13-10-6-3-7-11-13/h12-13H,2-11,16H2,1H3. The summed E-state index contributed by atoms with van der Waals surface area (Å²) in [5.74, 6) is 0. The van der Waals surface area contributed by atoms with Gasteiger partial charge in [-0.05, 0) is 25.7 Å². The molecule has 2 aliphatic carbocycles. The van der Waals surface area contributed by atoms with Crippen molar-refractivity contribution >= 4 is 9.92 Å². The Balaban J connectivity index is 1.91. The molecule has 2 fully saturated rings. The zero-order chi connectivity index (χ0) is 11.2. The lowest BCUT2D eigenvalue weighted by Crippen LogP contribution is -2.47. The Morgan fingerprint density at radius 3 is 1.62 bits per heavy atom. The highest BCUT2D eigenvalue weighted by Gasteiger charge is 2.28. The molecular weight excluding hydrogens is 214 g/mol. The third-order valence-electron chi connectivity index (χ3n) is 4.37. The van der Waals surface area contributed by atoms with Crippen LogP contribution in [0.3, 0.4) is 0 Å². The van der Waals surface area contributed by atoms with Crippen molar-refractivity contribution in [1.29, 1.82) is 0 Å². The molecule has 3 heteroatoms. The van der Waals surface area contributed by atoms with Gasteiger partial charge in [0, 0.05) is 19.2 Å². The molecule has 2 saturated carbocycles. The maximum absolute atomic E-state index is 5.58. The van der Waals surface area contributed by atoms with Crippen LogP contribution in [0.4, 0.5) is 0 Å². The van der Waals surface area contributed by atoms with Gasteiger partial charge in [-0.15, -0.1) is 0 Å². The van der Waals surface area contributed by atoms with Crippen molar-refractivity contribution in [2.24, 2.45) is 0 Å². The monoisotopic (exact) mass is 241 g/mol. The highest BCUT2D eigenvalue weighted by atomic mass is 28.2. The lowest BCUT2D eigenvalue weighted by Gasteiger charge is -2.41. The van der Waals surface area contributed by atoms with Crippen molar-refractivity contribution in [1.82, 2.24) is 4.57 Å². The summed E-state index contributed by atoms with van der Waals surface area (Å²) in [5.41, 5.74) is 0. The summed E-state index contributed by atoms with van der Waals surface area (Å²) < 4.78 is 8.39. The van der Waals surface area contributed by atoms with Gasteiger partial charge in [0.1, 0.15) is 0 Å². The molecular formula is C13H27NOSi. The molecule has 0 saturated heterocycles. The van der Waals surface area contributed by atoms with Gasteiger partial charge in [0.25, 0.3) is 0 Å². The molecule has 2 rings (SSSR count). The second-order valence-electron chi connectivity index (χ2n) is 5.52. The fourth-order valence-corrected chi connectivity index (χ4v) is 4.93. The molecule has 0 radical (unpaired) electrons. The zero-order valence-corrected chi connectivity index (χ0v) is 12.2. The van der Waals surface area contributed by atoms with Crippen molar-refractivity contribution < 1.29 is 4.43 Å². The summed E-state index contributed by atoms with van der Waals surface area (Å²) in [4.78, 5) is 0. The summed E-state index contributed by atoms with van der Waals surface area (Å²) in [6.07, 6.45) is 14.5. The van der Waals surface area contributed by atoms with E-state index < -0.39 is 9.92 Å². The molecule has 0 aliphatic heterocycles. The summed E-state index contributed by atoms with van der Waals surface area (Å²) in [5, 5.41) is 0. The largest absolute Gasteiger partial charge is 0.411 e. The minimum atomic E-state index is -0.421. The van der Waals surface area contributed by atoms with E-state index in [1.807, 2.05) is 7.11 Å². The van der Waals surface area contributed by atoms with Crippen LogP contribution in [-0.4, -0.2) is 33.7 Å². The molecule has 0 aromatic heterocycles. The molecule has 94 valence electrons. The van der Waals surface area contributed by atoms with E-state index in [0.29, 0.717) is 0 Å². The lowest BCUT2D eigenvalue weighted by molar-refractivity contribution is 0.149. The Bertz CT molecular complexity index is 170. The van der Waals surface area contributed by atoms with Crippen LogP contribution in [0.15, 0.2) is 0 Å². The van der Waals surface area contributed by atoms with Crippen molar-refractivity contribution in [3.05, 3.63) is 0 Å². The van der Waals surface area contributed by atoms with Crippen LogP contribution in [0.1, 0.15) is 64.2 Å². The molecule has 0 bridgehead atoms. The predicted molar refractivity (Wildman–Crippen MR) is 71.1 cm³/mol. The van der Waals surface area contributed by atoms with Crippen molar-refractivity contribution in [3.8, 4) is 0 Å². The van der Waals surface area contributed by atoms with Crippen molar-refractivity contribution in [2.75, 3.05) is 7.11 Å². The van der Waals surface area contributed by atoms with Crippen LogP contribution in [0.25, 0.3) is 0 Å². The minimum Gasteiger partial charge on any atom is -0.411 e. The third kappa shape index (κ3) is 3.31. The number of hydrogen-bond acceptors (Lipinski definition) is 2. The molecule has 2 aliphatic rings. The fraction of sp³-hybridized carbons (Fsp3) is 1.00. The normalized spacial score (nSPS) is 25.9. The Labute approximate surface area is 103 Å². The van der Waals surface area contributed by atoms with E-state index in [4.69, 9.17) is 4.43 Å². The maximum Gasteiger partial charge on any atom is 0.238 e. The second-order valence-corrected chi connectivity index (χ2v) is 7.08. The average molecular weight is 241 g/mol. The molecule has 2 nitrogen and oxygen atoms in total. The van der Waals surface area contributed by atoms with E-state index in [0.717, 1.165) is 12.1 Å². The summed E-state index contributed by atoms with van der Waals surface area (Å²) in [6, 6.07) is 1.76. The van der Waals surface area contributed by atoms with Gasteiger partial charge in [-0.1, -0.05) is 38.5 Å². The van der Waals surface area contributed by atoms with E-state index >= 15 is 0 Å². The SMILES string of the molecule is CO[SiH2]N(C1CCCCC1)C1CCCCC1. The molecule has 0 unspecified atom stereocenters. The van der Waals surface area contributed by atoms with Crippen LogP contribution in [0.2, 0.25) is 0 Å². The van der Waals surface area contributed by atoms with E-state index in [1.54, 1.807) is 0 Å². The molecule has 0 N–H and O–H groups in total. The van der Waals surface area contributed by atoms with Crippen molar-refractivity contribution in [2.45, 2.75) is 76.3 Å². The van der Waals surface area contributed by atoms with Gasteiger partial charge in [-0.3, -0.25) is 0 Å². The highest BCUT2D eigenvalue weighted by Crippen LogP contribution is 2.29. The van der Waals surface area contributed by atoms with Gasteiger partial charge >= 0.3 is 0 Å². The van der Waals surface area contributed by atoms with E-state index in [9.17, 15) is 0 Å². The number of rotatable bonds is 4. The minimum absolute atomic E-state index is 0.421. The second kappa shape index (κ2) is 6.77. The number of nitrogens with zero attached hydrogens (tertiary/aromatic N) is 1. The van der Waals surface area contributed by atoms with Gasteiger partial charge in [0.15, 0.2) is 0 Å². The van der Waals surface area contributed by atoms with Crippen LogP contribution >= 0.6 is 0 Å². The molecule has 0 amide bonds. The van der Waals surface area contributed by atoms with E-state index in [1.165, 1.54) is 64.2 Å². The van der Waals surface area contributed by atoms with Crippen molar-refractivity contribution in [3.63, 3.8) is 0 Å². The first kappa shape index (κ1) is 12.6. The number of hydrogen-bond donors (Lipinski definition) is 0. The van der Waals surface area contributed by atoms with Crippen LogP contribution < -0.4 is 0 Å². The van der Waals surface area contributed by atoms with Gasteiger partial charge in [0.2, 0.25) is 9.92 Å². The third-order valence-corrected chi connectivity index (χ3v) is 5.95. The maximum atomic E-state index is 5.58. The Morgan fingerprint density at radius 2 is 1.25 bits per heavy atom. The first-order valence-electron chi connectivity index (χ1n) is 7.16. The Morgan fingerprint density at radius 1 is 0.812 bits per heavy atom. The lowest BCUT2D eigenvalue weighted by atomic mass is 9.91. The molecule has 0 heterocycles. The summed E-state index contributed by atoms with van der Waals surface area (Å²) >= 11 is 0. The molecule has 0 atom stereocenters. The first-order chi connectivity index (χ1) is 7.92.